The predicted octanol–water partition coefficient (Wildman–Crippen LogP) is 2.66. The van der Waals surface area contributed by atoms with Crippen molar-refractivity contribution in [1.82, 2.24) is 5.06 Å². The van der Waals surface area contributed by atoms with Gasteiger partial charge in [-0.15, -0.1) is 0 Å². The van der Waals surface area contributed by atoms with Crippen LogP contribution in [0.4, 0.5) is 0 Å². The first kappa shape index (κ1) is 10.2. The summed E-state index contributed by atoms with van der Waals surface area (Å²) in [5.74, 6) is -0.401. The van der Waals surface area contributed by atoms with Crippen LogP contribution in [0.5, 0.6) is 0 Å². The highest BCUT2D eigenvalue weighted by Crippen LogP contribution is 2.12. The number of hydroxylamine groups is 2. The lowest BCUT2D eigenvalue weighted by Crippen LogP contribution is -2.21. The third-order valence-corrected chi connectivity index (χ3v) is 2.10. The number of rotatable bonds is 2. The molecule has 3 nitrogen and oxygen atoms in total. The van der Waals surface area contributed by atoms with Gasteiger partial charge in [-0.25, -0.2) is 4.79 Å². The topological polar surface area (TPSA) is 29.5 Å². The maximum absolute atomic E-state index is 11.7. The molecular formula is C13H11NO2. The van der Waals surface area contributed by atoms with Gasteiger partial charge in [-0.3, -0.25) is 0 Å². The van der Waals surface area contributed by atoms with Crippen LogP contribution in [0.25, 0.3) is 0 Å². The van der Waals surface area contributed by atoms with Gasteiger partial charge in [0, 0.05) is 6.20 Å². The highest BCUT2D eigenvalue weighted by atomic mass is 16.7. The van der Waals surface area contributed by atoms with Gasteiger partial charge in [-0.2, -0.15) is 5.06 Å². The van der Waals surface area contributed by atoms with Crippen molar-refractivity contribution >= 4 is 5.97 Å². The summed E-state index contributed by atoms with van der Waals surface area (Å²) in [6, 6.07) is 8.83. The van der Waals surface area contributed by atoms with Gasteiger partial charge < -0.3 is 4.84 Å². The van der Waals surface area contributed by atoms with Crippen LogP contribution in [0.2, 0.25) is 0 Å². The molecule has 0 radical (unpaired) electrons. The first-order chi connectivity index (χ1) is 7.77. The van der Waals surface area contributed by atoms with E-state index >= 15 is 0 Å². The molecule has 1 aliphatic heterocycles. The fraction of sp³-hybridized carbons (Fsp3) is 0. The van der Waals surface area contributed by atoms with Crippen molar-refractivity contribution in [3.63, 3.8) is 0 Å². The molecule has 0 spiro atoms. The van der Waals surface area contributed by atoms with Gasteiger partial charge in [0.1, 0.15) is 0 Å². The van der Waals surface area contributed by atoms with Crippen molar-refractivity contribution in [2.45, 2.75) is 0 Å². The van der Waals surface area contributed by atoms with Crippen molar-refractivity contribution in [3.05, 3.63) is 72.6 Å². The van der Waals surface area contributed by atoms with Crippen LogP contribution in [-0.4, -0.2) is 11.0 Å². The van der Waals surface area contributed by atoms with Crippen molar-refractivity contribution in [2.24, 2.45) is 0 Å². The van der Waals surface area contributed by atoms with E-state index in [1.807, 2.05) is 12.1 Å². The maximum Gasteiger partial charge on any atom is 0.363 e. The van der Waals surface area contributed by atoms with E-state index in [-0.39, 0.29) is 0 Å². The zero-order chi connectivity index (χ0) is 11.4. The summed E-state index contributed by atoms with van der Waals surface area (Å²) in [4.78, 5) is 16.8. The molecule has 0 aliphatic carbocycles. The van der Waals surface area contributed by atoms with Gasteiger partial charge in [0.25, 0.3) is 0 Å². The molecule has 80 valence electrons. The van der Waals surface area contributed by atoms with Crippen LogP contribution < -0.4 is 0 Å². The molecule has 1 aromatic carbocycles. The lowest BCUT2D eigenvalue weighted by atomic mass is 10.2. The molecule has 16 heavy (non-hydrogen) atoms. The standard InChI is InChI=1S/C13H11NO2/c1-11-7-5-6-10-14(11)16-13(15)12-8-3-2-4-9-12/h2-10H,1H2. The van der Waals surface area contributed by atoms with E-state index in [0.717, 1.165) is 0 Å². The monoisotopic (exact) mass is 213 g/mol. The molecule has 0 saturated heterocycles. The number of carbonyl (C=O) groups is 1. The summed E-state index contributed by atoms with van der Waals surface area (Å²) in [5, 5.41) is 1.34. The Morgan fingerprint density at radius 1 is 1.19 bits per heavy atom. The Bertz CT molecular complexity index is 460. The van der Waals surface area contributed by atoms with E-state index < -0.39 is 5.97 Å². The summed E-state index contributed by atoms with van der Waals surface area (Å²) < 4.78 is 0. The fourth-order valence-corrected chi connectivity index (χ4v) is 1.27. The third kappa shape index (κ3) is 2.20. The molecule has 1 aromatic rings. The molecule has 1 aliphatic rings. The van der Waals surface area contributed by atoms with E-state index in [1.165, 1.54) is 5.06 Å². The van der Waals surface area contributed by atoms with E-state index in [4.69, 9.17) is 4.84 Å². The molecule has 0 amide bonds. The Hall–Kier alpha value is -2.29. The number of allylic oxidation sites excluding steroid dienone is 3. The van der Waals surface area contributed by atoms with E-state index in [9.17, 15) is 4.79 Å². The second-order valence-electron chi connectivity index (χ2n) is 3.26. The molecular weight excluding hydrogens is 202 g/mol. The van der Waals surface area contributed by atoms with Crippen LogP contribution in [-0.2, 0) is 4.84 Å². The fourth-order valence-electron chi connectivity index (χ4n) is 1.27. The average molecular weight is 213 g/mol. The zero-order valence-corrected chi connectivity index (χ0v) is 8.67. The molecule has 3 heteroatoms. The molecule has 0 aromatic heterocycles. The van der Waals surface area contributed by atoms with Crippen molar-refractivity contribution in [3.8, 4) is 0 Å². The Morgan fingerprint density at radius 2 is 1.94 bits per heavy atom. The summed E-state index contributed by atoms with van der Waals surface area (Å²) in [7, 11) is 0. The van der Waals surface area contributed by atoms with E-state index in [1.54, 1.807) is 42.6 Å². The Balaban J connectivity index is 2.06. The van der Waals surface area contributed by atoms with Crippen LogP contribution in [0.1, 0.15) is 10.4 Å². The third-order valence-electron chi connectivity index (χ3n) is 2.10. The summed E-state index contributed by atoms with van der Waals surface area (Å²) in [6.07, 6.45) is 7.00. The normalized spacial score (nSPS) is 14.0. The SMILES string of the molecule is C=C1C=CC=CN1OC(=O)c1ccccc1. The Labute approximate surface area is 93.9 Å². The van der Waals surface area contributed by atoms with E-state index in [2.05, 4.69) is 6.58 Å². The van der Waals surface area contributed by atoms with Gasteiger partial charge in [-0.05, 0) is 24.3 Å². The van der Waals surface area contributed by atoms with Crippen LogP contribution >= 0.6 is 0 Å². The highest BCUT2D eigenvalue weighted by Gasteiger charge is 2.12. The minimum absolute atomic E-state index is 0.401. The second-order valence-corrected chi connectivity index (χ2v) is 3.26. The Morgan fingerprint density at radius 3 is 2.62 bits per heavy atom. The second kappa shape index (κ2) is 4.49. The lowest BCUT2D eigenvalue weighted by molar-refractivity contribution is -0.0473. The van der Waals surface area contributed by atoms with Crippen LogP contribution in [0.3, 0.4) is 0 Å². The molecule has 0 saturated carbocycles. The maximum atomic E-state index is 11.7. The number of hydrogen-bond donors (Lipinski definition) is 0. The predicted molar refractivity (Wildman–Crippen MR) is 61.1 cm³/mol. The molecule has 0 fully saturated rings. The van der Waals surface area contributed by atoms with Gasteiger partial charge in [0.05, 0.1) is 11.3 Å². The van der Waals surface area contributed by atoms with Crippen molar-refractivity contribution in [1.29, 1.82) is 0 Å². The van der Waals surface area contributed by atoms with Crippen molar-refractivity contribution in [2.75, 3.05) is 0 Å². The molecule has 1 heterocycles. The summed E-state index contributed by atoms with van der Waals surface area (Å²) in [6.45, 7) is 3.75. The largest absolute Gasteiger partial charge is 0.363 e. The molecule has 0 N–H and O–H groups in total. The van der Waals surface area contributed by atoms with Gasteiger partial charge in [0.2, 0.25) is 0 Å². The van der Waals surface area contributed by atoms with Crippen LogP contribution in [0.15, 0.2) is 67.0 Å². The lowest BCUT2D eigenvalue weighted by Gasteiger charge is -2.20. The minimum Gasteiger partial charge on any atom is -0.331 e. The summed E-state index contributed by atoms with van der Waals surface area (Å²) >= 11 is 0. The van der Waals surface area contributed by atoms with E-state index in [0.29, 0.717) is 11.3 Å². The number of benzene rings is 1. The zero-order valence-electron chi connectivity index (χ0n) is 8.67. The highest BCUT2D eigenvalue weighted by molar-refractivity contribution is 5.89. The number of nitrogens with zero attached hydrogens (tertiary/aromatic N) is 1. The molecule has 0 atom stereocenters. The van der Waals surface area contributed by atoms with Gasteiger partial charge in [-0.1, -0.05) is 30.9 Å². The average Bonchev–Trinajstić information content (AvgIpc) is 2.33. The van der Waals surface area contributed by atoms with Gasteiger partial charge in [0.15, 0.2) is 0 Å². The molecule has 2 rings (SSSR count). The number of carbonyl (C=O) groups excluding carboxylic acids is 1. The molecule has 0 bridgehead atoms. The van der Waals surface area contributed by atoms with Crippen molar-refractivity contribution < 1.29 is 9.63 Å². The number of hydrogen-bond acceptors (Lipinski definition) is 3. The van der Waals surface area contributed by atoms with Gasteiger partial charge >= 0.3 is 5.97 Å². The smallest absolute Gasteiger partial charge is 0.331 e. The minimum atomic E-state index is -0.401. The first-order valence-electron chi connectivity index (χ1n) is 4.88. The Kier molecular flexibility index (Phi) is 2.87. The first-order valence-corrected chi connectivity index (χ1v) is 4.88. The quantitative estimate of drug-likeness (QED) is 0.756. The molecule has 0 unspecified atom stereocenters. The summed E-state index contributed by atoms with van der Waals surface area (Å²) in [5.41, 5.74) is 1.13. The van der Waals surface area contributed by atoms with Crippen LogP contribution in [0, 0.1) is 0 Å².